The molecular formula is C11H14KNO2. The molecule has 1 aromatic carbocycles. The van der Waals surface area contributed by atoms with Crippen molar-refractivity contribution in [2.75, 3.05) is 14.2 Å². The van der Waals surface area contributed by atoms with Crippen LogP contribution in [0.25, 0.3) is 5.32 Å². The molecule has 0 saturated carbocycles. The molecule has 0 amide bonds. The maximum absolute atomic E-state index is 11.1. The minimum Gasteiger partial charge on any atom is -0.659 e. The Bertz CT molecular complexity index is 311. The van der Waals surface area contributed by atoms with Crippen molar-refractivity contribution in [1.82, 2.24) is 0 Å². The van der Waals surface area contributed by atoms with Gasteiger partial charge in [0.25, 0.3) is 0 Å². The van der Waals surface area contributed by atoms with Crippen molar-refractivity contribution >= 4 is 5.97 Å². The number of nitrogens with zero attached hydrogens (tertiary/aromatic N) is 1. The van der Waals surface area contributed by atoms with E-state index >= 15 is 0 Å². The number of methoxy groups -OCH3 is 1. The van der Waals surface area contributed by atoms with E-state index in [-0.39, 0.29) is 63.4 Å². The first-order valence-corrected chi connectivity index (χ1v) is 4.46. The third-order valence-corrected chi connectivity index (χ3v) is 2.20. The summed E-state index contributed by atoms with van der Waals surface area (Å²) < 4.78 is 4.60. The maximum atomic E-state index is 11.1. The molecule has 0 aliphatic carbocycles. The Morgan fingerprint density at radius 2 is 1.87 bits per heavy atom. The van der Waals surface area contributed by atoms with Crippen molar-refractivity contribution < 1.29 is 60.9 Å². The maximum Gasteiger partial charge on any atom is 1.00 e. The fraction of sp³-hybridized carbons (Fsp3) is 0.364. The predicted octanol–water partition coefficient (Wildman–Crippen LogP) is -0.458. The summed E-state index contributed by atoms with van der Waals surface area (Å²) in [6.07, 6.45) is 0. The number of carbonyl (C=O) groups excluding carboxylic acids is 1. The summed E-state index contributed by atoms with van der Waals surface area (Å²) in [6, 6.07) is 7.46. The van der Waals surface area contributed by atoms with Crippen molar-refractivity contribution in [2.24, 2.45) is 0 Å². The molecule has 1 atom stereocenters. The minimum atomic E-state index is -0.308. The van der Waals surface area contributed by atoms with Gasteiger partial charge in [-0.15, -0.1) is 6.04 Å². The van der Waals surface area contributed by atoms with Crippen LogP contribution in [0.2, 0.25) is 0 Å². The molecule has 1 rings (SSSR count). The van der Waals surface area contributed by atoms with E-state index in [1.54, 1.807) is 19.2 Å². The van der Waals surface area contributed by atoms with E-state index in [2.05, 4.69) is 10.1 Å². The quantitative estimate of drug-likeness (QED) is 0.522. The first-order valence-electron chi connectivity index (χ1n) is 4.46. The average molecular weight is 231 g/mol. The number of hydrogen-bond donors (Lipinski definition) is 0. The van der Waals surface area contributed by atoms with Crippen LogP contribution in [0, 0.1) is 0 Å². The van der Waals surface area contributed by atoms with Crippen molar-refractivity contribution in [1.29, 1.82) is 0 Å². The van der Waals surface area contributed by atoms with Gasteiger partial charge in [0.1, 0.15) is 0 Å². The van der Waals surface area contributed by atoms with Gasteiger partial charge in [-0.1, -0.05) is 24.6 Å². The Hall–Kier alpha value is 0.286. The van der Waals surface area contributed by atoms with Crippen LogP contribution in [0.1, 0.15) is 28.9 Å². The Kier molecular flexibility index (Phi) is 7.69. The van der Waals surface area contributed by atoms with Gasteiger partial charge in [-0.25, -0.2) is 4.79 Å². The number of rotatable bonds is 3. The zero-order valence-corrected chi connectivity index (χ0v) is 12.8. The molecule has 0 spiro atoms. The molecule has 4 heteroatoms. The fourth-order valence-corrected chi connectivity index (χ4v) is 1.16. The van der Waals surface area contributed by atoms with Gasteiger partial charge >= 0.3 is 57.4 Å². The molecule has 3 nitrogen and oxygen atoms in total. The summed E-state index contributed by atoms with van der Waals surface area (Å²) in [5.41, 5.74) is 1.67. The standard InChI is InChI=1S/C11H14NO2.K/c1-8(12-2)9-4-6-10(7-5-9)11(13)14-3;/h4-8H,1-3H3;/q-1;+1. The first-order chi connectivity index (χ1) is 6.69. The SMILES string of the molecule is C[N-]C(C)c1ccc(C(=O)OC)cc1.[K+]. The van der Waals surface area contributed by atoms with Crippen LogP contribution < -0.4 is 51.4 Å². The normalized spacial score (nSPS) is 11.4. The third kappa shape index (κ3) is 4.34. The van der Waals surface area contributed by atoms with Gasteiger partial charge in [0, 0.05) is 0 Å². The molecule has 1 unspecified atom stereocenters. The molecular weight excluding hydrogens is 217 g/mol. The van der Waals surface area contributed by atoms with Gasteiger partial charge in [0.05, 0.1) is 12.7 Å². The summed E-state index contributed by atoms with van der Waals surface area (Å²) in [4.78, 5) is 11.1. The van der Waals surface area contributed by atoms with Gasteiger partial charge in [-0.05, 0) is 12.1 Å². The molecule has 0 N–H and O–H groups in total. The molecule has 0 radical (unpaired) electrons. The topological polar surface area (TPSA) is 40.4 Å². The molecule has 0 aliphatic rings. The molecule has 0 fully saturated rings. The minimum absolute atomic E-state index is 0. The average Bonchev–Trinajstić information content (AvgIpc) is 2.27. The van der Waals surface area contributed by atoms with Crippen molar-refractivity contribution in [3.63, 3.8) is 0 Å². The first kappa shape index (κ1) is 15.3. The third-order valence-electron chi connectivity index (χ3n) is 2.20. The van der Waals surface area contributed by atoms with Crippen molar-refractivity contribution in [3.8, 4) is 0 Å². The number of benzene rings is 1. The van der Waals surface area contributed by atoms with E-state index in [0.717, 1.165) is 5.56 Å². The van der Waals surface area contributed by atoms with Crippen LogP contribution in [0.3, 0.4) is 0 Å². The summed E-state index contributed by atoms with van der Waals surface area (Å²) in [5.74, 6) is -0.308. The van der Waals surface area contributed by atoms with Gasteiger partial charge in [-0.2, -0.15) is 7.05 Å². The molecule has 15 heavy (non-hydrogen) atoms. The van der Waals surface area contributed by atoms with E-state index in [0.29, 0.717) is 5.56 Å². The molecule has 0 bridgehead atoms. The summed E-state index contributed by atoms with van der Waals surface area (Å²) in [7, 11) is 3.15. The second kappa shape index (κ2) is 7.54. The van der Waals surface area contributed by atoms with Crippen LogP contribution >= 0.6 is 0 Å². The Balaban J connectivity index is 0.00000196. The van der Waals surface area contributed by atoms with Crippen LogP contribution in [-0.2, 0) is 4.74 Å². The van der Waals surface area contributed by atoms with Crippen molar-refractivity contribution in [2.45, 2.75) is 13.0 Å². The van der Waals surface area contributed by atoms with E-state index in [1.807, 2.05) is 19.1 Å². The Labute approximate surface area is 133 Å². The van der Waals surface area contributed by atoms with Crippen LogP contribution in [-0.4, -0.2) is 20.1 Å². The van der Waals surface area contributed by atoms with Gasteiger partial charge in [0.15, 0.2) is 0 Å². The van der Waals surface area contributed by atoms with E-state index in [4.69, 9.17) is 0 Å². The largest absolute Gasteiger partial charge is 1.00 e. The van der Waals surface area contributed by atoms with Gasteiger partial charge < -0.3 is 10.1 Å². The van der Waals surface area contributed by atoms with E-state index < -0.39 is 0 Å². The second-order valence-electron chi connectivity index (χ2n) is 3.05. The van der Waals surface area contributed by atoms with E-state index in [9.17, 15) is 4.79 Å². The monoisotopic (exact) mass is 231 g/mol. The van der Waals surface area contributed by atoms with Gasteiger partial charge in [-0.3, -0.25) is 0 Å². The zero-order chi connectivity index (χ0) is 10.6. The van der Waals surface area contributed by atoms with Crippen LogP contribution in [0.5, 0.6) is 0 Å². The molecule has 1 aromatic rings. The second-order valence-corrected chi connectivity index (χ2v) is 3.05. The number of ether oxygens (including phenoxy) is 1. The predicted molar refractivity (Wildman–Crippen MR) is 55.5 cm³/mol. The summed E-state index contributed by atoms with van der Waals surface area (Å²) in [6.45, 7) is 2.01. The number of esters is 1. The summed E-state index contributed by atoms with van der Waals surface area (Å²) >= 11 is 0. The van der Waals surface area contributed by atoms with E-state index in [1.165, 1.54) is 7.11 Å². The number of hydrogen-bond acceptors (Lipinski definition) is 2. The van der Waals surface area contributed by atoms with Crippen LogP contribution in [0.4, 0.5) is 0 Å². The molecule has 0 aliphatic heterocycles. The van der Waals surface area contributed by atoms with Gasteiger partial charge in [0.2, 0.25) is 0 Å². The zero-order valence-electron chi connectivity index (χ0n) is 9.65. The number of carbonyl (C=O) groups is 1. The molecule has 0 heterocycles. The molecule has 76 valence electrons. The fourth-order valence-electron chi connectivity index (χ4n) is 1.16. The molecule has 0 aromatic heterocycles. The Morgan fingerprint density at radius 3 is 2.27 bits per heavy atom. The van der Waals surface area contributed by atoms with Crippen LogP contribution in [0.15, 0.2) is 24.3 Å². The Morgan fingerprint density at radius 1 is 1.33 bits per heavy atom. The molecule has 0 saturated heterocycles. The smallest absolute Gasteiger partial charge is 0.659 e. The summed E-state index contributed by atoms with van der Waals surface area (Å²) in [5, 5.41) is 4.14. The van der Waals surface area contributed by atoms with Crippen molar-refractivity contribution in [3.05, 3.63) is 40.7 Å².